The zero-order chi connectivity index (χ0) is 32.6. The van der Waals surface area contributed by atoms with E-state index in [2.05, 4.69) is 15.8 Å². The van der Waals surface area contributed by atoms with Gasteiger partial charge in [-0.15, -0.1) is 0 Å². The van der Waals surface area contributed by atoms with Crippen molar-refractivity contribution in [2.75, 3.05) is 37.5 Å². The normalized spacial score (nSPS) is 11.4. The summed E-state index contributed by atoms with van der Waals surface area (Å²) in [7, 11) is -0.193. The Labute approximate surface area is 266 Å². The first-order valence-electron chi connectivity index (χ1n) is 13.5. The lowest BCUT2D eigenvalue weighted by molar-refractivity contribution is -0.119. The van der Waals surface area contributed by atoms with E-state index in [0.717, 1.165) is 4.31 Å². The predicted molar refractivity (Wildman–Crippen MR) is 173 cm³/mol. The van der Waals surface area contributed by atoms with Gasteiger partial charge in [0.05, 0.1) is 37.6 Å². The molecule has 0 radical (unpaired) electrons. The molecule has 0 spiro atoms. The van der Waals surface area contributed by atoms with E-state index in [9.17, 15) is 18.0 Å². The quantitative estimate of drug-likeness (QED) is 0.156. The molecule has 4 aromatic carbocycles. The van der Waals surface area contributed by atoms with Crippen LogP contribution in [0, 0.1) is 0 Å². The van der Waals surface area contributed by atoms with Crippen LogP contribution in [0.25, 0.3) is 0 Å². The number of carbonyl (C=O) groups excluding carboxylic acids is 2. The van der Waals surface area contributed by atoms with Crippen LogP contribution in [0.4, 0.5) is 11.4 Å². The van der Waals surface area contributed by atoms with Gasteiger partial charge in [-0.05, 0) is 67.1 Å². The summed E-state index contributed by atoms with van der Waals surface area (Å²) in [6, 6.07) is 24.2. The second-order valence-electron chi connectivity index (χ2n) is 9.48. The monoisotopic (exact) mass is 650 g/mol. The summed E-state index contributed by atoms with van der Waals surface area (Å²) in [6.07, 6.45) is 0. The molecule has 0 heterocycles. The second-order valence-corrected chi connectivity index (χ2v) is 11.8. The first-order valence-corrected chi connectivity index (χ1v) is 15.3. The molecule has 0 fully saturated rings. The summed E-state index contributed by atoms with van der Waals surface area (Å²) < 4.78 is 44.8. The fraction of sp³-hybridized carbons (Fsp3) is 0.156. The van der Waals surface area contributed by atoms with Crippen LogP contribution in [0.2, 0.25) is 5.02 Å². The van der Waals surface area contributed by atoms with Gasteiger partial charge in [-0.3, -0.25) is 13.9 Å². The lowest BCUT2D eigenvalue weighted by Crippen LogP contribution is -2.40. The number of amides is 2. The minimum Gasteiger partial charge on any atom is -0.495 e. The SMILES string of the molecule is COc1ccc(S(=O)(=O)N(CC(=O)N/N=C(/C)c2cccc(NC(=O)c3ccccc3)c2)c2cc(Cl)ccc2OC)cc1OC. The number of anilines is 2. The molecule has 0 aliphatic heterocycles. The molecule has 0 aromatic heterocycles. The van der Waals surface area contributed by atoms with Gasteiger partial charge in [-0.1, -0.05) is 41.9 Å². The number of rotatable bonds is 12. The standard InChI is InChI=1S/C32H31ClN4O7S/c1-21(23-11-8-12-25(17-23)34-32(39)22-9-6-5-7-10-22)35-36-31(38)20-37(27-18-24(33)13-15-28(27)42-2)45(40,41)26-14-16-29(43-3)30(19-26)44-4/h5-19H,20H2,1-4H3,(H,34,39)(H,36,38)/b35-21-. The Morgan fingerprint density at radius 3 is 2.16 bits per heavy atom. The summed E-state index contributed by atoms with van der Waals surface area (Å²) in [5.74, 6) is -0.333. The number of nitrogens with one attached hydrogen (secondary N) is 2. The maximum atomic E-state index is 14.0. The molecule has 4 rings (SSSR count). The van der Waals surface area contributed by atoms with Crippen LogP contribution in [-0.4, -0.2) is 53.8 Å². The zero-order valence-electron chi connectivity index (χ0n) is 24.9. The van der Waals surface area contributed by atoms with E-state index in [1.54, 1.807) is 55.5 Å². The van der Waals surface area contributed by atoms with Gasteiger partial charge in [-0.2, -0.15) is 5.10 Å². The van der Waals surface area contributed by atoms with Crippen LogP contribution in [-0.2, 0) is 14.8 Å². The van der Waals surface area contributed by atoms with Crippen molar-refractivity contribution in [2.45, 2.75) is 11.8 Å². The predicted octanol–water partition coefficient (Wildman–Crippen LogP) is 5.35. The maximum absolute atomic E-state index is 14.0. The Kier molecular flexibility index (Phi) is 10.7. The van der Waals surface area contributed by atoms with Crippen molar-refractivity contribution in [3.8, 4) is 17.2 Å². The molecule has 0 aliphatic carbocycles. The fourth-order valence-electron chi connectivity index (χ4n) is 4.25. The Hall–Kier alpha value is -5.07. The number of hydrogen-bond donors (Lipinski definition) is 2. The molecule has 13 heteroatoms. The van der Waals surface area contributed by atoms with Crippen LogP contribution in [0.5, 0.6) is 17.2 Å². The Balaban J connectivity index is 1.59. The Morgan fingerprint density at radius 2 is 1.47 bits per heavy atom. The highest BCUT2D eigenvalue weighted by Crippen LogP contribution is 2.37. The van der Waals surface area contributed by atoms with Crippen molar-refractivity contribution in [2.24, 2.45) is 5.10 Å². The topological polar surface area (TPSA) is 136 Å². The van der Waals surface area contributed by atoms with Gasteiger partial charge in [0, 0.05) is 22.3 Å². The number of hydrazone groups is 1. The highest BCUT2D eigenvalue weighted by atomic mass is 35.5. The summed E-state index contributed by atoms with van der Waals surface area (Å²) in [5, 5.41) is 7.23. The average Bonchev–Trinajstić information content (AvgIpc) is 3.06. The first kappa shape index (κ1) is 32.8. The molecule has 0 aliphatic rings. The van der Waals surface area contributed by atoms with Crippen LogP contribution < -0.4 is 29.3 Å². The number of carbonyl (C=O) groups is 2. The third-order valence-corrected chi connectivity index (χ3v) is 8.55. The lowest BCUT2D eigenvalue weighted by Gasteiger charge is -2.26. The van der Waals surface area contributed by atoms with Crippen molar-refractivity contribution >= 4 is 50.5 Å². The van der Waals surface area contributed by atoms with E-state index in [4.69, 9.17) is 25.8 Å². The molecule has 0 atom stereocenters. The minimum absolute atomic E-state index is 0.0393. The first-order chi connectivity index (χ1) is 21.6. The number of halogens is 1. The molecule has 0 unspecified atom stereocenters. The molecule has 2 amide bonds. The number of nitrogens with zero attached hydrogens (tertiary/aromatic N) is 2. The van der Waals surface area contributed by atoms with Crippen LogP contribution in [0.1, 0.15) is 22.8 Å². The number of hydrogen-bond acceptors (Lipinski definition) is 8. The maximum Gasteiger partial charge on any atom is 0.265 e. The molecule has 0 bridgehead atoms. The molecule has 45 heavy (non-hydrogen) atoms. The Morgan fingerprint density at radius 1 is 0.800 bits per heavy atom. The van der Waals surface area contributed by atoms with Crippen LogP contribution in [0.15, 0.2) is 101 Å². The molecule has 234 valence electrons. The third-order valence-electron chi connectivity index (χ3n) is 6.56. The van der Waals surface area contributed by atoms with Crippen LogP contribution >= 0.6 is 11.6 Å². The largest absolute Gasteiger partial charge is 0.495 e. The average molecular weight is 651 g/mol. The molecule has 0 saturated carbocycles. The molecular formula is C32H31ClN4O7S. The number of benzene rings is 4. The number of sulfonamides is 1. The van der Waals surface area contributed by atoms with Gasteiger partial charge in [0.2, 0.25) is 0 Å². The molecule has 11 nitrogen and oxygen atoms in total. The van der Waals surface area contributed by atoms with Crippen molar-refractivity contribution in [3.05, 3.63) is 107 Å². The van der Waals surface area contributed by atoms with E-state index >= 15 is 0 Å². The van der Waals surface area contributed by atoms with Gasteiger partial charge in [0.25, 0.3) is 21.8 Å². The molecule has 2 N–H and O–H groups in total. The Bertz CT molecular complexity index is 1830. The third kappa shape index (κ3) is 7.91. The van der Waals surface area contributed by atoms with Crippen molar-refractivity contribution in [1.82, 2.24) is 5.43 Å². The summed E-state index contributed by atoms with van der Waals surface area (Å²) in [6.45, 7) is 0.994. The highest BCUT2D eigenvalue weighted by molar-refractivity contribution is 7.92. The highest BCUT2D eigenvalue weighted by Gasteiger charge is 2.31. The van der Waals surface area contributed by atoms with Gasteiger partial charge in [0.1, 0.15) is 12.3 Å². The molecule has 0 saturated heterocycles. The van der Waals surface area contributed by atoms with Crippen molar-refractivity contribution < 1.29 is 32.2 Å². The number of methoxy groups -OCH3 is 3. The van der Waals surface area contributed by atoms with Crippen molar-refractivity contribution in [1.29, 1.82) is 0 Å². The summed E-state index contributed by atoms with van der Waals surface area (Å²) in [5.41, 5.74) is 4.52. The lowest BCUT2D eigenvalue weighted by atomic mass is 10.1. The van der Waals surface area contributed by atoms with E-state index < -0.39 is 22.5 Å². The van der Waals surface area contributed by atoms with Gasteiger partial charge in [-0.25, -0.2) is 13.8 Å². The number of ether oxygens (including phenoxy) is 3. The van der Waals surface area contributed by atoms with E-state index in [0.29, 0.717) is 28.3 Å². The zero-order valence-corrected chi connectivity index (χ0v) is 26.5. The van der Waals surface area contributed by atoms with Crippen LogP contribution in [0.3, 0.4) is 0 Å². The molecular weight excluding hydrogens is 620 g/mol. The van der Waals surface area contributed by atoms with E-state index in [1.807, 2.05) is 6.07 Å². The van der Waals surface area contributed by atoms with Gasteiger partial charge >= 0.3 is 0 Å². The fourth-order valence-corrected chi connectivity index (χ4v) is 5.86. The molecule has 4 aromatic rings. The minimum atomic E-state index is -4.38. The van der Waals surface area contributed by atoms with E-state index in [-0.39, 0.29) is 33.0 Å². The van der Waals surface area contributed by atoms with Gasteiger partial charge in [0.15, 0.2) is 11.5 Å². The van der Waals surface area contributed by atoms with Gasteiger partial charge < -0.3 is 19.5 Å². The summed E-state index contributed by atoms with van der Waals surface area (Å²) >= 11 is 6.23. The second kappa shape index (κ2) is 14.6. The summed E-state index contributed by atoms with van der Waals surface area (Å²) in [4.78, 5) is 25.6. The van der Waals surface area contributed by atoms with Crippen molar-refractivity contribution in [3.63, 3.8) is 0 Å². The van der Waals surface area contributed by atoms with E-state index in [1.165, 1.54) is 57.7 Å². The smallest absolute Gasteiger partial charge is 0.265 e.